The molecule has 6 nitrogen and oxygen atoms in total. The first-order valence-electron chi connectivity index (χ1n) is 10.5. The second-order valence-electron chi connectivity index (χ2n) is 9.45. The number of benzene rings is 1. The van der Waals surface area contributed by atoms with Gasteiger partial charge in [-0.2, -0.15) is 0 Å². The molecule has 2 fully saturated rings. The van der Waals surface area contributed by atoms with E-state index < -0.39 is 0 Å². The van der Waals surface area contributed by atoms with Crippen LogP contribution in [0.2, 0.25) is 0 Å². The van der Waals surface area contributed by atoms with E-state index in [-0.39, 0.29) is 11.3 Å². The zero-order valence-electron chi connectivity index (χ0n) is 18.1. The van der Waals surface area contributed by atoms with Crippen LogP contribution in [0.5, 0.6) is 5.75 Å². The lowest BCUT2D eigenvalue weighted by atomic mass is 9.65. The van der Waals surface area contributed by atoms with Crippen molar-refractivity contribution < 1.29 is 9.53 Å². The highest BCUT2D eigenvalue weighted by molar-refractivity contribution is 8.01. The van der Waals surface area contributed by atoms with E-state index in [4.69, 9.17) is 4.74 Å². The Morgan fingerprint density at radius 2 is 2.10 bits per heavy atom. The largest absolute Gasteiger partial charge is 0.492 e. The van der Waals surface area contributed by atoms with Crippen LogP contribution in [0.3, 0.4) is 0 Å². The monoisotopic (exact) mass is 446 g/mol. The lowest BCUT2D eigenvalue weighted by molar-refractivity contribution is -0.129. The van der Waals surface area contributed by atoms with Gasteiger partial charge in [0.15, 0.2) is 4.34 Å². The predicted octanol–water partition coefficient (Wildman–Crippen LogP) is 5.20. The number of anilines is 2. The van der Waals surface area contributed by atoms with Crippen LogP contribution in [0.1, 0.15) is 47.0 Å². The minimum atomic E-state index is 0.220. The molecule has 1 amide bonds. The number of aromatic nitrogens is 2. The van der Waals surface area contributed by atoms with Crippen LogP contribution < -0.4 is 10.1 Å². The van der Waals surface area contributed by atoms with Crippen LogP contribution in [0.25, 0.3) is 0 Å². The summed E-state index contributed by atoms with van der Waals surface area (Å²) in [5, 5.41) is 12.4. The topological polar surface area (TPSA) is 67.3 Å². The molecule has 1 aromatic carbocycles. The van der Waals surface area contributed by atoms with Crippen molar-refractivity contribution in [3.05, 3.63) is 24.3 Å². The fraction of sp³-hybridized carbons (Fsp3) is 0.591. The average molecular weight is 447 g/mol. The molecule has 1 saturated carbocycles. The Labute approximate surface area is 186 Å². The normalized spacial score (nSPS) is 24.7. The molecule has 2 atom stereocenters. The Bertz CT molecular complexity index is 916. The molecule has 0 spiro atoms. The maximum Gasteiger partial charge on any atom is 0.233 e. The third-order valence-electron chi connectivity index (χ3n) is 5.89. The molecule has 30 heavy (non-hydrogen) atoms. The summed E-state index contributed by atoms with van der Waals surface area (Å²) in [4.78, 5) is 15.1. The van der Waals surface area contributed by atoms with Gasteiger partial charge in [-0.3, -0.25) is 4.79 Å². The highest BCUT2D eigenvalue weighted by Crippen LogP contribution is 2.52. The summed E-state index contributed by atoms with van der Waals surface area (Å²) < 4.78 is 6.45. The minimum absolute atomic E-state index is 0.220. The van der Waals surface area contributed by atoms with Crippen LogP contribution in [-0.4, -0.2) is 46.0 Å². The van der Waals surface area contributed by atoms with Crippen molar-refractivity contribution in [3.63, 3.8) is 0 Å². The van der Waals surface area contributed by atoms with E-state index in [1.807, 2.05) is 31.2 Å². The molecule has 2 aliphatic rings. The first kappa shape index (κ1) is 21.4. The Balaban J connectivity index is 1.35. The minimum Gasteiger partial charge on any atom is -0.492 e. The number of nitrogens with zero attached hydrogens (tertiary/aromatic N) is 3. The lowest BCUT2D eigenvalue weighted by Crippen LogP contribution is -2.38. The number of thioether (sulfide) groups is 1. The average Bonchev–Trinajstić information content (AvgIpc) is 3.22. The molecule has 1 N–H and O–H groups in total. The van der Waals surface area contributed by atoms with E-state index in [2.05, 4.69) is 41.2 Å². The molecule has 1 aliphatic carbocycles. The number of fused-ring (bicyclic) bond motifs is 2. The Kier molecular flexibility index (Phi) is 5.99. The molecule has 2 bridgehead atoms. The fourth-order valence-corrected chi connectivity index (χ4v) is 6.89. The Hall–Kier alpha value is -1.80. The summed E-state index contributed by atoms with van der Waals surface area (Å²) in [7, 11) is 0. The first-order valence-corrected chi connectivity index (χ1v) is 12.3. The van der Waals surface area contributed by atoms with Crippen molar-refractivity contribution in [2.75, 3.05) is 24.2 Å². The van der Waals surface area contributed by atoms with Gasteiger partial charge >= 0.3 is 0 Å². The summed E-state index contributed by atoms with van der Waals surface area (Å²) in [6, 6.07) is 8.16. The van der Waals surface area contributed by atoms with Gasteiger partial charge < -0.3 is 15.0 Å². The van der Waals surface area contributed by atoms with E-state index in [0.29, 0.717) is 28.9 Å². The second kappa shape index (κ2) is 8.38. The maximum atomic E-state index is 13.0. The van der Waals surface area contributed by atoms with Gasteiger partial charge in [0.2, 0.25) is 11.0 Å². The summed E-state index contributed by atoms with van der Waals surface area (Å²) in [6.45, 7) is 10.5. The third-order valence-corrected chi connectivity index (χ3v) is 7.85. The second-order valence-corrected chi connectivity index (χ2v) is 11.7. The molecule has 2 aromatic rings. The van der Waals surface area contributed by atoms with Gasteiger partial charge in [-0.25, -0.2) is 0 Å². The van der Waals surface area contributed by atoms with Gasteiger partial charge in [0.25, 0.3) is 0 Å². The number of carbonyl (C=O) groups is 1. The van der Waals surface area contributed by atoms with Crippen LogP contribution in [-0.2, 0) is 4.79 Å². The number of para-hydroxylation sites is 2. The third kappa shape index (κ3) is 4.75. The van der Waals surface area contributed by atoms with Crippen LogP contribution in [0.15, 0.2) is 28.6 Å². The molecule has 162 valence electrons. The molecule has 2 unspecified atom stereocenters. The van der Waals surface area contributed by atoms with Crippen molar-refractivity contribution >= 4 is 39.8 Å². The van der Waals surface area contributed by atoms with E-state index in [1.54, 1.807) is 0 Å². The number of hydrogen-bond acceptors (Lipinski definition) is 7. The molecular formula is C22H30N4O2S2. The molecule has 0 radical (unpaired) electrons. The van der Waals surface area contributed by atoms with Crippen molar-refractivity contribution in [2.24, 2.45) is 10.8 Å². The van der Waals surface area contributed by atoms with Crippen molar-refractivity contribution in [1.29, 1.82) is 0 Å². The molecule has 4 rings (SSSR count). The number of hydrogen-bond donors (Lipinski definition) is 1. The van der Waals surface area contributed by atoms with Gasteiger partial charge in [0, 0.05) is 12.6 Å². The van der Waals surface area contributed by atoms with Gasteiger partial charge in [0.05, 0.1) is 18.0 Å². The summed E-state index contributed by atoms with van der Waals surface area (Å²) in [5.74, 6) is 1.42. The number of carbonyl (C=O) groups excluding carboxylic acids is 1. The van der Waals surface area contributed by atoms with Gasteiger partial charge in [-0.15, -0.1) is 10.2 Å². The zero-order valence-corrected chi connectivity index (χ0v) is 19.7. The fourth-order valence-electron chi connectivity index (χ4n) is 5.24. The molecule has 1 aliphatic heterocycles. The predicted molar refractivity (Wildman–Crippen MR) is 123 cm³/mol. The van der Waals surface area contributed by atoms with E-state index >= 15 is 0 Å². The lowest BCUT2D eigenvalue weighted by Gasteiger charge is -2.39. The summed E-state index contributed by atoms with van der Waals surface area (Å²) in [6.07, 6.45) is 3.44. The van der Waals surface area contributed by atoms with Crippen molar-refractivity contribution in [1.82, 2.24) is 15.1 Å². The molecule has 1 aromatic heterocycles. The highest BCUT2D eigenvalue weighted by Gasteiger charge is 2.50. The van der Waals surface area contributed by atoms with Crippen LogP contribution in [0.4, 0.5) is 10.8 Å². The molecule has 8 heteroatoms. The highest BCUT2D eigenvalue weighted by atomic mass is 32.2. The molecular weight excluding hydrogens is 416 g/mol. The Morgan fingerprint density at radius 3 is 2.90 bits per heavy atom. The zero-order chi connectivity index (χ0) is 21.4. The summed E-state index contributed by atoms with van der Waals surface area (Å²) >= 11 is 2.94. The smallest absolute Gasteiger partial charge is 0.233 e. The Morgan fingerprint density at radius 1 is 1.30 bits per heavy atom. The number of nitrogens with one attached hydrogen (secondary N) is 1. The van der Waals surface area contributed by atoms with Gasteiger partial charge in [-0.05, 0) is 49.1 Å². The quantitative estimate of drug-likeness (QED) is 0.590. The van der Waals surface area contributed by atoms with Crippen LogP contribution in [0, 0.1) is 10.8 Å². The molecule has 2 heterocycles. The summed E-state index contributed by atoms with van der Waals surface area (Å²) in [5.41, 5.74) is 1.45. The number of amides is 1. The SMILES string of the molecule is CCOc1ccccc1Nc1nnc(SCC(=O)N2CC3(C)CC2CC(C)(C)C3)s1. The van der Waals surface area contributed by atoms with E-state index in [0.717, 1.165) is 35.2 Å². The maximum absolute atomic E-state index is 13.0. The van der Waals surface area contributed by atoms with Crippen molar-refractivity contribution in [3.8, 4) is 5.75 Å². The standard InChI is InChI=1S/C22H30N4O2S2/c1-5-28-17-9-7-6-8-16(17)23-19-24-25-20(30-19)29-12-18(27)26-14-22(4)11-15(26)10-21(2,3)13-22/h6-9,15H,5,10-14H2,1-4H3,(H,23,24). The molecule has 1 saturated heterocycles. The number of likely N-dealkylation sites (tertiary alicyclic amines) is 1. The van der Waals surface area contributed by atoms with E-state index in [9.17, 15) is 4.79 Å². The van der Waals surface area contributed by atoms with E-state index in [1.165, 1.54) is 29.5 Å². The van der Waals surface area contributed by atoms with Crippen molar-refractivity contribution in [2.45, 2.75) is 57.3 Å². The number of ether oxygens (including phenoxy) is 1. The van der Waals surface area contributed by atoms with Gasteiger partial charge in [-0.1, -0.05) is 56.0 Å². The van der Waals surface area contributed by atoms with Crippen LogP contribution >= 0.6 is 23.1 Å². The first-order chi connectivity index (χ1) is 14.3. The van der Waals surface area contributed by atoms with Gasteiger partial charge in [0.1, 0.15) is 5.75 Å². The number of rotatable bonds is 7.